The normalized spacial score (nSPS) is 11.0. The zero-order valence-electron chi connectivity index (χ0n) is 17.8. The van der Waals surface area contributed by atoms with Crippen molar-refractivity contribution in [1.29, 1.82) is 0 Å². The summed E-state index contributed by atoms with van der Waals surface area (Å²) >= 11 is 5.97. The quantitative estimate of drug-likeness (QED) is 0.287. The fourth-order valence-electron chi connectivity index (χ4n) is 3.67. The molecule has 0 atom stereocenters. The number of fused-ring (bicyclic) bond motifs is 1. The molecule has 0 spiro atoms. The van der Waals surface area contributed by atoms with Crippen LogP contribution >= 0.6 is 11.6 Å². The van der Waals surface area contributed by atoms with Crippen molar-refractivity contribution >= 4 is 39.9 Å². The summed E-state index contributed by atoms with van der Waals surface area (Å²) in [5.41, 5.74) is 2.06. The number of nitrogens with zero attached hydrogens (tertiary/aromatic N) is 1. The smallest absolute Gasteiger partial charge is 0.261 e. The zero-order valence-corrected chi connectivity index (χ0v) is 18.5. The molecule has 2 heterocycles. The third kappa shape index (κ3) is 3.86. The summed E-state index contributed by atoms with van der Waals surface area (Å²) in [6.45, 7) is 1.65. The number of amides is 1. The highest BCUT2D eigenvalue weighted by atomic mass is 35.5. The zero-order chi connectivity index (χ0) is 23.8. The van der Waals surface area contributed by atoms with Gasteiger partial charge < -0.3 is 14.3 Å². The lowest BCUT2D eigenvalue weighted by molar-refractivity contribution is 0.101. The molecular weight excluding hydrogens is 459 g/mol. The standard InChI is InChI=1S/C26H16ClFN2O4/c1-14-21(24(34-30-14)16-6-10-17(27)11-7-16)26(32)29-22-19-4-2-3-5-20(19)33-25(22)23(31)15-8-12-18(28)13-9-15/h2-13H,1H3,(H,29,32). The molecule has 8 heteroatoms. The molecular formula is C26H16ClFN2O4. The Bertz CT molecular complexity index is 1540. The second-order valence-electron chi connectivity index (χ2n) is 7.57. The number of para-hydroxylation sites is 1. The van der Waals surface area contributed by atoms with E-state index in [2.05, 4.69) is 10.5 Å². The van der Waals surface area contributed by atoms with Crippen molar-refractivity contribution in [2.24, 2.45) is 0 Å². The van der Waals surface area contributed by atoms with E-state index in [9.17, 15) is 14.0 Å². The Morgan fingerprint density at radius 3 is 2.41 bits per heavy atom. The van der Waals surface area contributed by atoms with E-state index >= 15 is 0 Å². The highest BCUT2D eigenvalue weighted by molar-refractivity contribution is 6.30. The maximum atomic E-state index is 13.4. The Hall–Kier alpha value is -4.23. The van der Waals surface area contributed by atoms with Crippen molar-refractivity contribution in [2.45, 2.75) is 6.92 Å². The third-order valence-electron chi connectivity index (χ3n) is 5.34. The van der Waals surface area contributed by atoms with Gasteiger partial charge in [-0.1, -0.05) is 28.9 Å². The van der Waals surface area contributed by atoms with Crippen LogP contribution in [0.1, 0.15) is 32.2 Å². The minimum Gasteiger partial charge on any atom is -0.450 e. The number of aryl methyl sites for hydroxylation is 1. The van der Waals surface area contributed by atoms with Crippen LogP contribution in [0.3, 0.4) is 0 Å². The summed E-state index contributed by atoms with van der Waals surface area (Å²) in [6, 6.07) is 18.8. The van der Waals surface area contributed by atoms with Crippen LogP contribution in [0.2, 0.25) is 5.02 Å². The van der Waals surface area contributed by atoms with Gasteiger partial charge in [-0.2, -0.15) is 0 Å². The van der Waals surface area contributed by atoms with E-state index in [4.69, 9.17) is 20.5 Å². The van der Waals surface area contributed by atoms with Crippen molar-refractivity contribution in [3.63, 3.8) is 0 Å². The van der Waals surface area contributed by atoms with E-state index in [0.29, 0.717) is 27.2 Å². The van der Waals surface area contributed by atoms with Crippen LogP contribution in [0, 0.1) is 12.7 Å². The average Bonchev–Trinajstić information content (AvgIpc) is 3.40. The van der Waals surface area contributed by atoms with Crippen molar-refractivity contribution in [3.8, 4) is 11.3 Å². The van der Waals surface area contributed by atoms with Gasteiger partial charge in [-0.3, -0.25) is 9.59 Å². The van der Waals surface area contributed by atoms with Crippen molar-refractivity contribution in [3.05, 3.63) is 106 Å². The number of hydrogen-bond donors (Lipinski definition) is 1. The van der Waals surface area contributed by atoms with Crippen LogP contribution in [0.5, 0.6) is 0 Å². The summed E-state index contributed by atoms with van der Waals surface area (Å²) in [6.07, 6.45) is 0. The molecule has 0 unspecified atom stereocenters. The Labute approximate surface area is 197 Å². The first-order valence-corrected chi connectivity index (χ1v) is 10.7. The predicted octanol–water partition coefficient (Wildman–Crippen LogP) is 6.67. The second-order valence-corrected chi connectivity index (χ2v) is 8.01. The largest absolute Gasteiger partial charge is 0.450 e. The first kappa shape index (κ1) is 21.6. The van der Waals surface area contributed by atoms with E-state index in [1.54, 1.807) is 55.5 Å². The molecule has 2 aromatic heterocycles. The number of nitrogens with one attached hydrogen (secondary N) is 1. The van der Waals surface area contributed by atoms with Gasteiger partial charge in [0.2, 0.25) is 5.78 Å². The molecule has 0 fully saturated rings. The van der Waals surface area contributed by atoms with E-state index in [0.717, 1.165) is 0 Å². The van der Waals surface area contributed by atoms with Gasteiger partial charge in [0.25, 0.3) is 5.91 Å². The van der Waals surface area contributed by atoms with E-state index < -0.39 is 17.5 Å². The molecule has 5 aromatic rings. The first-order valence-electron chi connectivity index (χ1n) is 10.3. The number of carbonyl (C=O) groups excluding carboxylic acids is 2. The lowest BCUT2D eigenvalue weighted by atomic mass is 10.0. The van der Waals surface area contributed by atoms with Crippen molar-refractivity contribution in [2.75, 3.05) is 5.32 Å². The lowest BCUT2D eigenvalue weighted by Crippen LogP contribution is -2.15. The first-order chi connectivity index (χ1) is 16.4. The third-order valence-corrected chi connectivity index (χ3v) is 5.59. The summed E-state index contributed by atoms with van der Waals surface area (Å²) in [4.78, 5) is 26.6. The maximum absolute atomic E-state index is 13.4. The number of ketones is 1. The molecule has 0 radical (unpaired) electrons. The Morgan fingerprint density at radius 2 is 1.68 bits per heavy atom. The van der Waals surface area contributed by atoms with Gasteiger partial charge in [-0.25, -0.2) is 4.39 Å². The molecule has 3 aromatic carbocycles. The summed E-state index contributed by atoms with van der Waals surface area (Å²) in [5, 5.41) is 7.84. The fraction of sp³-hybridized carbons (Fsp3) is 0.0385. The van der Waals surface area contributed by atoms with Gasteiger partial charge in [0.15, 0.2) is 11.5 Å². The van der Waals surface area contributed by atoms with Crippen LogP contribution in [-0.4, -0.2) is 16.8 Å². The number of furan rings is 1. The van der Waals surface area contributed by atoms with Crippen LogP contribution in [0.25, 0.3) is 22.3 Å². The Balaban J connectivity index is 1.57. The van der Waals surface area contributed by atoms with Crippen molar-refractivity contribution < 1.29 is 22.9 Å². The molecule has 0 aliphatic rings. The van der Waals surface area contributed by atoms with E-state index in [-0.39, 0.29) is 28.3 Å². The van der Waals surface area contributed by atoms with Gasteiger partial charge in [0.05, 0.1) is 11.4 Å². The predicted molar refractivity (Wildman–Crippen MR) is 126 cm³/mol. The van der Waals surface area contributed by atoms with Gasteiger partial charge >= 0.3 is 0 Å². The number of aromatic nitrogens is 1. The number of halogens is 2. The summed E-state index contributed by atoms with van der Waals surface area (Å²) in [7, 11) is 0. The number of benzene rings is 3. The fourth-order valence-corrected chi connectivity index (χ4v) is 3.80. The summed E-state index contributed by atoms with van der Waals surface area (Å²) in [5.74, 6) is -1.28. The monoisotopic (exact) mass is 474 g/mol. The van der Waals surface area contributed by atoms with Crippen LogP contribution in [0.4, 0.5) is 10.1 Å². The van der Waals surface area contributed by atoms with E-state index in [1.165, 1.54) is 24.3 Å². The molecule has 5 rings (SSSR count). The number of carbonyl (C=O) groups is 2. The molecule has 6 nitrogen and oxygen atoms in total. The van der Waals surface area contributed by atoms with Gasteiger partial charge in [-0.05, 0) is 67.6 Å². The highest BCUT2D eigenvalue weighted by Crippen LogP contribution is 2.34. The van der Waals surface area contributed by atoms with Crippen molar-refractivity contribution in [1.82, 2.24) is 5.16 Å². The van der Waals surface area contributed by atoms with Crippen LogP contribution < -0.4 is 5.32 Å². The number of hydrogen-bond acceptors (Lipinski definition) is 5. The molecule has 0 bridgehead atoms. The Kier molecular flexibility index (Phi) is 5.47. The molecule has 168 valence electrons. The van der Waals surface area contributed by atoms with Gasteiger partial charge in [0.1, 0.15) is 17.0 Å². The second kappa shape index (κ2) is 8.61. The van der Waals surface area contributed by atoms with Gasteiger partial charge in [-0.15, -0.1) is 0 Å². The number of rotatable bonds is 5. The van der Waals surface area contributed by atoms with Crippen LogP contribution in [0.15, 0.2) is 81.7 Å². The maximum Gasteiger partial charge on any atom is 0.261 e. The SMILES string of the molecule is Cc1noc(-c2ccc(Cl)cc2)c1C(=O)Nc1c(C(=O)c2ccc(F)cc2)oc2ccccc12. The minimum atomic E-state index is -0.525. The van der Waals surface area contributed by atoms with Gasteiger partial charge in [0, 0.05) is 21.5 Å². The molecule has 34 heavy (non-hydrogen) atoms. The minimum absolute atomic E-state index is 0.0664. The lowest BCUT2D eigenvalue weighted by Gasteiger charge is -2.07. The average molecular weight is 475 g/mol. The molecule has 1 N–H and O–H groups in total. The number of anilines is 1. The molecule has 0 saturated heterocycles. The Morgan fingerprint density at radius 1 is 0.971 bits per heavy atom. The summed E-state index contributed by atoms with van der Waals surface area (Å²) < 4.78 is 24.6. The molecule has 0 aliphatic carbocycles. The van der Waals surface area contributed by atoms with E-state index in [1.807, 2.05) is 0 Å². The molecule has 0 aliphatic heterocycles. The molecule has 0 saturated carbocycles. The molecule has 1 amide bonds. The highest BCUT2D eigenvalue weighted by Gasteiger charge is 2.27. The van der Waals surface area contributed by atoms with Crippen LogP contribution in [-0.2, 0) is 0 Å². The topological polar surface area (TPSA) is 85.3 Å².